The number of benzene rings is 2. The van der Waals surface area contributed by atoms with Crippen molar-refractivity contribution in [1.29, 1.82) is 0 Å². The van der Waals surface area contributed by atoms with Crippen LogP contribution < -0.4 is 10.2 Å². The Morgan fingerprint density at radius 2 is 1.74 bits per heavy atom. The summed E-state index contributed by atoms with van der Waals surface area (Å²) in [6.45, 7) is 1.94. The van der Waals surface area contributed by atoms with Gasteiger partial charge in [-0.1, -0.05) is 48.5 Å². The number of piperazine rings is 1. The number of carbonyl (C=O) groups is 3. The number of fused-ring (bicyclic) bond motifs is 1. The molecule has 5 rings (SSSR count). The molecule has 0 radical (unpaired) electrons. The average molecular weight is 553 g/mol. The number of aliphatic carboxylic acids is 1. The molecule has 2 amide bonds. The van der Waals surface area contributed by atoms with Gasteiger partial charge in [0.25, 0.3) is 5.91 Å². The summed E-state index contributed by atoms with van der Waals surface area (Å²) in [6.07, 6.45) is 0.122. The van der Waals surface area contributed by atoms with Crippen molar-refractivity contribution < 1.29 is 29.3 Å². The first-order valence-electron chi connectivity index (χ1n) is 12.5. The van der Waals surface area contributed by atoms with Gasteiger partial charge in [-0.2, -0.15) is 0 Å². The average Bonchev–Trinajstić information content (AvgIpc) is 2.96. The van der Waals surface area contributed by atoms with Crippen LogP contribution in [0.25, 0.3) is 0 Å². The first-order chi connectivity index (χ1) is 18.9. The quantitative estimate of drug-likeness (QED) is 0.205. The number of rotatable bonds is 9. The van der Waals surface area contributed by atoms with E-state index >= 15 is 0 Å². The fraction of sp³-hybridized carbons (Fsp3) is 0.346. The maximum absolute atomic E-state index is 12.8. The molecule has 0 saturated carbocycles. The lowest BCUT2D eigenvalue weighted by molar-refractivity contribution is -0.711. The zero-order valence-corrected chi connectivity index (χ0v) is 21.8. The molecule has 0 spiro atoms. The van der Waals surface area contributed by atoms with Crippen molar-refractivity contribution in [2.45, 2.75) is 17.8 Å². The highest BCUT2D eigenvalue weighted by molar-refractivity contribution is 8.00. The lowest BCUT2D eigenvalue weighted by Crippen LogP contribution is -2.70. The van der Waals surface area contributed by atoms with E-state index in [1.807, 2.05) is 60.7 Å². The molecule has 13 heteroatoms. The largest absolute Gasteiger partial charge is 0.569 e. The zero-order valence-electron chi connectivity index (χ0n) is 21.0. The summed E-state index contributed by atoms with van der Waals surface area (Å²) in [7, 11) is 0. The first-order valence-corrected chi connectivity index (χ1v) is 13.6. The summed E-state index contributed by atoms with van der Waals surface area (Å²) < 4.78 is 0. The van der Waals surface area contributed by atoms with Crippen molar-refractivity contribution in [3.8, 4) is 0 Å². The van der Waals surface area contributed by atoms with Gasteiger partial charge in [0, 0.05) is 30.1 Å². The summed E-state index contributed by atoms with van der Waals surface area (Å²) in [5.74, 6) is -1.83. The van der Waals surface area contributed by atoms with E-state index in [0.717, 1.165) is 11.3 Å². The van der Waals surface area contributed by atoms with Gasteiger partial charge in [0.05, 0.1) is 24.5 Å². The van der Waals surface area contributed by atoms with E-state index in [-0.39, 0.29) is 30.4 Å². The molecule has 2 atom stereocenters. The highest BCUT2D eigenvalue weighted by Crippen LogP contribution is 2.40. The maximum atomic E-state index is 12.8. The smallest absolute Gasteiger partial charge is 0.352 e. The second-order valence-corrected chi connectivity index (χ2v) is 10.4. The Bertz CT molecular complexity index is 1280. The van der Waals surface area contributed by atoms with E-state index in [0.29, 0.717) is 36.7 Å². The van der Waals surface area contributed by atoms with Gasteiger partial charge < -0.3 is 25.4 Å². The highest BCUT2D eigenvalue weighted by atomic mass is 32.2. The molecular formula is C26H28N6O6S. The summed E-state index contributed by atoms with van der Waals surface area (Å²) in [5.41, 5.74) is 2.04. The molecule has 2 fully saturated rings. The molecule has 2 aromatic carbocycles. The number of anilines is 1. The van der Waals surface area contributed by atoms with Gasteiger partial charge in [-0.3, -0.25) is 14.5 Å². The van der Waals surface area contributed by atoms with E-state index in [2.05, 4.69) is 15.5 Å². The number of hydrogen-bond acceptors (Lipinski definition) is 8. The second-order valence-electron chi connectivity index (χ2n) is 9.26. The Labute approximate surface area is 229 Å². The molecule has 0 aromatic heterocycles. The van der Waals surface area contributed by atoms with Crippen molar-refractivity contribution >= 4 is 35.2 Å². The van der Waals surface area contributed by atoms with Crippen LogP contribution in [0.2, 0.25) is 0 Å². The lowest BCUT2D eigenvalue weighted by atomic mass is 10.0. The van der Waals surface area contributed by atoms with Gasteiger partial charge in [0.2, 0.25) is 11.2 Å². The van der Waals surface area contributed by atoms with Crippen LogP contribution in [-0.2, 0) is 25.6 Å². The Morgan fingerprint density at radius 1 is 1.08 bits per heavy atom. The number of amides is 2. The fourth-order valence-corrected chi connectivity index (χ4v) is 6.10. The third-order valence-electron chi connectivity index (χ3n) is 6.76. The lowest BCUT2D eigenvalue weighted by Gasteiger charge is -2.49. The molecule has 3 aliphatic heterocycles. The number of nitrogens with zero attached hydrogens (tertiary/aromatic N) is 5. The van der Waals surface area contributed by atoms with Gasteiger partial charge in [0.1, 0.15) is 23.7 Å². The number of β-lactam (4-membered cyclic amide) rings is 1. The number of thioether (sulfide) groups is 1. The molecule has 204 valence electrons. The van der Waals surface area contributed by atoms with E-state index in [1.165, 1.54) is 21.7 Å². The summed E-state index contributed by atoms with van der Waals surface area (Å²) in [6, 6.07) is 18.3. The molecule has 3 heterocycles. The number of nitrogens with one attached hydrogen (secondary N) is 1. The van der Waals surface area contributed by atoms with Gasteiger partial charge in [-0.25, -0.2) is 4.79 Å². The molecular weight excluding hydrogens is 524 g/mol. The number of para-hydroxylation sites is 1. The first kappa shape index (κ1) is 26.4. The van der Waals surface area contributed by atoms with Crippen LogP contribution in [0.3, 0.4) is 0 Å². The van der Waals surface area contributed by atoms with Crippen molar-refractivity contribution in [3.63, 3.8) is 0 Å². The minimum Gasteiger partial charge on any atom is -0.569 e. The molecule has 39 heavy (non-hydrogen) atoms. The molecule has 2 aromatic rings. The van der Waals surface area contributed by atoms with Crippen molar-refractivity contribution in [2.75, 3.05) is 43.4 Å². The highest BCUT2D eigenvalue weighted by Gasteiger charge is 2.54. The van der Waals surface area contributed by atoms with Crippen LogP contribution in [-0.4, -0.2) is 87.7 Å². The number of carboxylic acid groups (broad SMARTS) is 1. The summed E-state index contributed by atoms with van der Waals surface area (Å²) in [5, 5.41) is 29.6. The van der Waals surface area contributed by atoms with E-state index in [4.69, 9.17) is 4.84 Å². The third-order valence-corrected chi connectivity index (χ3v) is 8.10. The van der Waals surface area contributed by atoms with Gasteiger partial charge in [-0.05, 0) is 17.7 Å². The third kappa shape index (κ3) is 5.77. The van der Waals surface area contributed by atoms with Crippen LogP contribution in [0.4, 0.5) is 5.69 Å². The standard InChI is InChI=1S/C26H28N6O6S/c33-21(15-18-7-3-1-4-8-18)27-22-24(34)31-23(26(35)36)19(17-39-25(22)31)16-38-28-32(37)30-13-11-29(12-14-30)20-9-5-2-6-10-20/h1-10,22,25H,11-17H2,(H,27,33)(H,35,36)/b32-28-/t22-,25-/m1/s1. The Hall–Kier alpha value is -4.26. The van der Waals surface area contributed by atoms with Crippen LogP contribution >= 0.6 is 11.8 Å². The van der Waals surface area contributed by atoms with Crippen LogP contribution in [0.1, 0.15) is 5.56 Å². The van der Waals surface area contributed by atoms with E-state index in [9.17, 15) is 24.7 Å². The number of carboxylic acids is 1. The second kappa shape index (κ2) is 11.6. The molecule has 12 nitrogen and oxygen atoms in total. The number of carbonyl (C=O) groups excluding carboxylic acids is 2. The van der Waals surface area contributed by atoms with Crippen LogP contribution in [0, 0.1) is 5.21 Å². The number of hydrazine groups is 1. The minimum absolute atomic E-state index is 0.122. The SMILES string of the molecule is O=C(Cc1ccccc1)N[C@@H]1C(=O)N2C(C(=O)O)=C(CO/N=[N+](\[O-])N3CCN(c4ccccc4)CC3)CS[C@H]12. The summed E-state index contributed by atoms with van der Waals surface area (Å²) in [4.78, 5) is 46.3. The van der Waals surface area contributed by atoms with Gasteiger partial charge in [0.15, 0.2) is 0 Å². The van der Waals surface area contributed by atoms with Gasteiger partial charge >= 0.3 is 5.97 Å². The van der Waals surface area contributed by atoms with Crippen LogP contribution in [0.5, 0.6) is 0 Å². The Morgan fingerprint density at radius 3 is 2.41 bits per heavy atom. The van der Waals surface area contributed by atoms with E-state index < -0.39 is 23.3 Å². The summed E-state index contributed by atoms with van der Waals surface area (Å²) >= 11 is 1.33. The molecule has 0 unspecified atom stereocenters. The monoisotopic (exact) mass is 552 g/mol. The predicted molar refractivity (Wildman–Crippen MR) is 142 cm³/mol. The van der Waals surface area contributed by atoms with Crippen molar-refractivity contribution in [3.05, 3.63) is 82.7 Å². The van der Waals surface area contributed by atoms with Gasteiger partial charge in [-0.15, -0.1) is 16.8 Å². The maximum Gasteiger partial charge on any atom is 0.352 e. The molecule has 3 aliphatic rings. The van der Waals surface area contributed by atoms with E-state index in [1.54, 1.807) is 0 Å². The van der Waals surface area contributed by atoms with Crippen molar-refractivity contribution in [2.24, 2.45) is 5.28 Å². The Kier molecular flexibility index (Phi) is 7.87. The number of hydrogen-bond donors (Lipinski definition) is 2. The van der Waals surface area contributed by atoms with Crippen LogP contribution in [0.15, 0.2) is 77.2 Å². The fourth-order valence-electron chi connectivity index (χ4n) is 4.77. The minimum atomic E-state index is -1.28. The Balaban J connectivity index is 1.15. The molecule has 0 bridgehead atoms. The zero-order chi connectivity index (χ0) is 27.4. The van der Waals surface area contributed by atoms with Crippen molar-refractivity contribution in [1.82, 2.24) is 15.2 Å². The topological polar surface area (TPSA) is 141 Å². The normalized spacial score (nSPS) is 21.3. The molecule has 2 saturated heterocycles. The molecule has 0 aliphatic carbocycles. The predicted octanol–water partition coefficient (Wildman–Crippen LogP) is 1.60. The molecule has 2 N–H and O–H groups in total.